The molecular formula is C30H52O. The summed E-state index contributed by atoms with van der Waals surface area (Å²) in [5.41, 5.74) is 2.50. The molecule has 1 nitrogen and oxygen atoms in total. The molecule has 0 unspecified atom stereocenters. The highest BCUT2D eigenvalue weighted by atomic mass is 16.3. The van der Waals surface area contributed by atoms with E-state index >= 15 is 0 Å². The lowest BCUT2D eigenvalue weighted by molar-refractivity contribution is -0.129. The van der Waals surface area contributed by atoms with Crippen molar-refractivity contribution in [1.82, 2.24) is 0 Å². The van der Waals surface area contributed by atoms with Crippen LogP contribution in [0.4, 0.5) is 0 Å². The SMILES string of the molecule is C=C(C)[C@@H](CC)CCC[C@@H](C)[C@H]1CC[C@H]2[C@@H]3CC[C@H]4C[C@@H](O)CC[C@]4(C)[C@H]3CC[C@]12C. The lowest BCUT2D eigenvalue weighted by atomic mass is 9.44. The minimum absolute atomic E-state index is 0.0163. The first-order valence-corrected chi connectivity index (χ1v) is 14.0. The topological polar surface area (TPSA) is 20.2 Å². The van der Waals surface area contributed by atoms with Gasteiger partial charge in [0.25, 0.3) is 0 Å². The summed E-state index contributed by atoms with van der Waals surface area (Å²) in [6.45, 7) is 16.7. The van der Waals surface area contributed by atoms with Crippen LogP contribution in [0.15, 0.2) is 12.2 Å². The second-order valence-electron chi connectivity index (χ2n) is 13.2. The molecule has 10 atom stereocenters. The first kappa shape index (κ1) is 23.8. The largest absolute Gasteiger partial charge is 0.393 e. The van der Waals surface area contributed by atoms with E-state index in [-0.39, 0.29) is 6.10 Å². The zero-order valence-electron chi connectivity index (χ0n) is 21.5. The number of fused-ring (bicyclic) bond motifs is 5. The summed E-state index contributed by atoms with van der Waals surface area (Å²) in [6, 6.07) is 0. The minimum Gasteiger partial charge on any atom is -0.393 e. The number of rotatable bonds is 7. The Kier molecular flexibility index (Phi) is 7.04. The number of aliphatic hydroxyl groups excluding tert-OH is 1. The Labute approximate surface area is 193 Å². The lowest BCUT2D eigenvalue weighted by Gasteiger charge is -2.61. The Bertz CT molecular complexity index is 638. The Morgan fingerprint density at radius 3 is 2.39 bits per heavy atom. The summed E-state index contributed by atoms with van der Waals surface area (Å²) in [6.07, 6.45) is 17.6. The first-order valence-electron chi connectivity index (χ1n) is 14.0. The van der Waals surface area contributed by atoms with Gasteiger partial charge in [-0.3, -0.25) is 0 Å². The number of allylic oxidation sites excluding steroid dienone is 1. The average molecular weight is 429 g/mol. The molecule has 4 aliphatic carbocycles. The van der Waals surface area contributed by atoms with Crippen LogP contribution in [0.1, 0.15) is 118 Å². The molecule has 31 heavy (non-hydrogen) atoms. The zero-order chi connectivity index (χ0) is 22.4. The van der Waals surface area contributed by atoms with Gasteiger partial charge in [0.1, 0.15) is 0 Å². The van der Waals surface area contributed by atoms with Crippen LogP contribution in [0.25, 0.3) is 0 Å². The van der Waals surface area contributed by atoms with E-state index < -0.39 is 0 Å². The van der Waals surface area contributed by atoms with Crippen molar-refractivity contribution in [3.05, 3.63) is 12.2 Å². The smallest absolute Gasteiger partial charge is 0.0543 e. The Balaban J connectivity index is 1.40. The van der Waals surface area contributed by atoms with Crippen molar-refractivity contribution in [1.29, 1.82) is 0 Å². The van der Waals surface area contributed by atoms with Gasteiger partial charge in [-0.25, -0.2) is 0 Å². The molecule has 0 heterocycles. The van der Waals surface area contributed by atoms with E-state index in [1.54, 1.807) is 0 Å². The second-order valence-corrected chi connectivity index (χ2v) is 13.2. The summed E-state index contributed by atoms with van der Waals surface area (Å²) >= 11 is 0. The van der Waals surface area contributed by atoms with Crippen LogP contribution >= 0.6 is 0 Å². The van der Waals surface area contributed by atoms with E-state index in [0.717, 1.165) is 54.3 Å². The van der Waals surface area contributed by atoms with Gasteiger partial charge in [0.2, 0.25) is 0 Å². The van der Waals surface area contributed by atoms with Crippen molar-refractivity contribution in [3.63, 3.8) is 0 Å². The van der Waals surface area contributed by atoms with E-state index in [4.69, 9.17) is 0 Å². The molecule has 178 valence electrons. The lowest BCUT2D eigenvalue weighted by Crippen LogP contribution is -2.54. The maximum atomic E-state index is 10.3. The van der Waals surface area contributed by atoms with E-state index in [9.17, 15) is 5.11 Å². The minimum atomic E-state index is -0.0163. The molecule has 1 N–H and O–H groups in total. The van der Waals surface area contributed by atoms with Crippen LogP contribution in [0.3, 0.4) is 0 Å². The van der Waals surface area contributed by atoms with Gasteiger partial charge in [-0.15, -0.1) is 0 Å². The van der Waals surface area contributed by atoms with Crippen LogP contribution in [-0.4, -0.2) is 11.2 Å². The summed E-state index contributed by atoms with van der Waals surface area (Å²) in [7, 11) is 0. The summed E-state index contributed by atoms with van der Waals surface area (Å²) in [5.74, 6) is 6.24. The number of aliphatic hydroxyl groups is 1. The van der Waals surface area contributed by atoms with Crippen molar-refractivity contribution < 1.29 is 5.11 Å². The van der Waals surface area contributed by atoms with Gasteiger partial charge in [-0.2, -0.15) is 0 Å². The molecule has 0 aromatic carbocycles. The molecule has 0 radical (unpaired) electrons. The average Bonchev–Trinajstić information content (AvgIpc) is 3.08. The van der Waals surface area contributed by atoms with Gasteiger partial charge >= 0.3 is 0 Å². The van der Waals surface area contributed by atoms with Crippen molar-refractivity contribution >= 4 is 0 Å². The fourth-order valence-corrected chi connectivity index (χ4v) is 9.90. The standard InChI is InChI=1S/C30H52O/c1-7-22(20(2)3)10-8-9-21(4)26-13-14-27-25-12-11-23-19-24(31)15-17-29(23,5)28(25)16-18-30(26,27)6/h21-28,31H,2,7-19H2,1,3-6H3/t21-,22+,23+,24+,25+,26-,27+,28+,29+,30-/m1/s1. The summed E-state index contributed by atoms with van der Waals surface area (Å²) in [4.78, 5) is 0. The predicted molar refractivity (Wildman–Crippen MR) is 133 cm³/mol. The molecule has 0 bridgehead atoms. The highest BCUT2D eigenvalue weighted by molar-refractivity contribution is 5.09. The first-order chi connectivity index (χ1) is 14.7. The third-order valence-corrected chi connectivity index (χ3v) is 11.8. The number of hydrogen-bond donors (Lipinski definition) is 1. The molecule has 1 heteroatoms. The second kappa shape index (κ2) is 9.15. The molecule has 0 aromatic rings. The maximum absolute atomic E-state index is 10.3. The van der Waals surface area contributed by atoms with Gasteiger partial charge in [0.05, 0.1) is 6.10 Å². The third-order valence-electron chi connectivity index (χ3n) is 11.8. The molecule has 0 aliphatic heterocycles. The molecule has 0 spiro atoms. The van der Waals surface area contributed by atoms with Crippen LogP contribution in [0.5, 0.6) is 0 Å². The van der Waals surface area contributed by atoms with Gasteiger partial charge in [0.15, 0.2) is 0 Å². The van der Waals surface area contributed by atoms with Crippen molar-refractivity contribution in [2.24, 2.45) is 52.3 Å². The summed E-state index contributed by atoms with van der Waals surface area (Å²) in [5, 5.41) is 10.3. The molecule has 4 fully saturated rings. The van der Waals surface area contributed by atoms with E-state index in [1.165, 1.54) is 76.2 Å². The van der Waals surface area contributed by atoms with Crippen molar-refractivity contribution in [2.75, 3.05) is 0 Å². The Hall–Kier alpha value is -0.300. The molecule has 0 aromatic heterocycles. The quantitative estimate of drug-likeness (QED) is 0.403. The Morgan fingerprint density at radius 1 is 0.968 bits per heavy atom. The van der Waals surface area contributed by atoms with Crippen LogP contribution in [0.2, 0.25) is 0 Å². The predicted octanol–water partition coefficient (Wildman–Crippen LogP) is 8.41. The fraction of sp³-hybridized carbons (Fsp3) is 0.933. The third kappa shape index (κ3) is 4.20. The molecule has 0 amide bonds. The molecular weight excluding hydrogens is 376 g/mol. The molecule has 4 aliphatic rings. The summed E-state index contributed by atoms with van der Waals surface area (Å²) < 4.78 is 0. The van der Waals surface area contributed by atoms with E-state index in [1.807, 2.05) is 0 Å². The Morgan fingerprint density at radius 2 is 1.68 bits per heavy atom. The van der Waals surface area contributed by atoms with Gasteiger partial charge in [-0.05, 0) is 130 Å². The van der Waals surface area contributed by atoms with Crippen molar-refractivity contribution in [2.45, 2.75) is 124 Å². The van der Waals surface area contributed by atoms with Crippen LogP contribution in [-0.2, 0) is 0 Å². The maximum Gasteiger partial charge on any atom is 0.0543 e. The van der Waals surface area contributed by atoms with Crippen molar-refractivity contribution in [3.8, 4) is 0 Å². The highest BCUT2D eigenvalue weighted by Crippen LogP contribution is 2.68. The van der Waals surface area contributed by atoms with Crippen LogP contribution < -0.4 is 0 Å². The monoisotopic (exact) mass is 428 g/mol. The van der Waals surface area contributed by atoms with Crippen LogP contribution in [0, 0.1) is 52.3 Å². The van der Waals surface area contributed by atoms with Gasteiger partial charge in [0, 0.05) is 0 Å². The zero-order valence-corrected chi connectivity index (χ0v) is 21.5. The normalized spacial score (nSPS) is 46.5. The molecule has 4 saturated carbocycles. The fourth-order valence-electron chi connectivity index (χ4n) is 9.90. The highest BCUT2D eigenvalue weighted by Gasteiger charge is 2.60. The van der Waals surface area contributed by atoms with Gasteiger partial charge in [-0.1, -0.05) is 52.7 Å². The van der Waals surface area contributed by atoms with E-state index in [2.05, 4.69) is 41.2 Å². The number of hydrogen-bond acceptors (Lipinski definition) is 1. The van der Waals surface area contributed by atoms with Gasteiger partial charge < -0.3 is 5.11 Å². The van der Waals surface area contributed by atoms with E-state index in [0.29, 0.717) is 10.8 Å². The molecule has 4 rings (SSSR count). The molecule has 0 saturated heterocycles.